The molecule has 0 bridgehead atoms. The molecule has 0 amide bonds. The number of hydrogen-bond acceptors (Lipinski definition) is 9. The Morgan fingerprint density at radius 3 is 2.96 bits per heavy atom. The molecule has 0 spiro atoms. The maximum Gasteiger partial charge on any atom is 0.339 e. The lowest BCUT2D eigenvalue weighted by molar-refractivity contribution is 0.0279. The summed E-state index contributed by atoms with van der Waals surface area (Å²) in [5, 5.41) is 11.8. The number of benzene rings is 1. The molecule has 0 saturated heterocycles. The van der Waals surface area contributed by atoms with Crippen molar-refractivity contribution in [1.82, 2.24) is 15.2 Å². The fourth-order valence-corrected chi connectivity index (χ4v) is 3.54. The van der Waals surface area contributed by atoms with Crippen LogP contribution in [0.25, 0.3) is 10.8 Å². The van der Waals surface area contributed by atoms with Crippen molar-refractivity contribution in [3.8, 4) is 16.5 Å². The second-order valence-corrected chi connectivity index (χ2v) is 7.43. The first kappa shape index (κ1) is 18.3. The quantitative estimate of drug-likeness (QED) is 0.404. The third kappa shape index (κ3) is 4.26. The molecule has 142 valence electrons. The van der Waals surface area contributed by atoms with Crippen molar-refractivity contribution < 1.29 is 18.7 Å². The van der Waals surface area contributed by atoms with Crippen molar-refractivity contribution in [2.45, 2.75) is 19.6 Å². The molecule has 3 heterocycles. The lowest BCUT2D eigenvalue weighted by atomic mass is 10.2. The number of thiazole rings is 1. The largest absolute Gasteiger partial charge is 0.487 e. The molecule has 0 radical (unpaired) electrons. The van der Waals surface area contributed by atoms with Gasteiger partial charge >= 0.3 is 5.97 Å². The van der Waals surface area contributed by atoms with E-state index in [-0.39, 0.29) is 5.89 Å². The monoisotopic (exact) mass is 413 g/mol. The number of thiophene rings is 1. The second-order valence-electron chi connectivity index (χ2n) is 5.77. The van der Waals surface area contributed by atoms with Gasteiger partial charge in [-0.05, 0) is 36.6 Å². The third-order valence-corrected chi connectivity index (χ3v) is 5.24. The number of nitrogens with zero attached hydrogens (tertiary/aromatic N) is 3. The standard InChI is InChI=1S/C19H15N3O4S2/c1-12(17-21-22-18(26-17)16-6-3-7-28-16)25-19(23)13-4-2-5-15(8-13)24-9-14-10-27-11-20-14/h2-8,10-12H,9H2,1H3. The molecule has 0 aliphatic heterocycles. The topological polar surface area (TPSA) is 87.3 Å². The highest BCUT2D eigenvalue weighted by Crippen LogP contribution is 2.26. The Labute approximate surface area is 168 Å². The highest BCUT2D eigenvalue weighted by molar-refractivity contribution is 7.13. The number of carbonyl (C=O) groups excluding carboxylic acids is 1. The van der Waals surface area contributed by atoms with Gasteiger partial charge < -0.3 is 13.9 Å². The number of esters is 1. The van der Waals surface area contributed by atoms with Crippen LogP contribution in [0.5, 0.6) is 5.75 Å². The van der Waals surface area contributed by atoms with E-state index in [1.165, 1.54) is 22.7 Å². The fourth-order valence-electron chi connectivity index (χ4n) is 2.36. The van der Waals surface area contributed by atoms with Crippen LogP contribution in [0.2, 0.25) is 0 Å². The molecule has 0 saturated carbocycles. The van der Waals surface area contributed by atoms with Crippen LogP contribution >= 0.6 is 22.7 Å². The number of ether oxygens (including phenoxy) is 2. The third-order valence-electron chi connectivity index (χ3n) is 3.74. The zero-order valence-corrected chi connectivity index (χ0v) is 16.4. The lowest BCUT2D eigenvalue weighted by Crippen LogP contribution is -2.10. The van der Waals surface area contributed by atoms with Gasteiger partial charge in [0.25, 0.3) is 11.8 Å². The van der Waals surface area contributed by atoms with Crippen LogP contribution in [0.1, 0.15) is 35.0 Å². The van der Waals surface area contributed by atoms with Crippen molar-refractivity contribution in [2.75, 3.05) is 0 Å². The molecule has 1 unspecified atom stereocenters. The Morgan fingerprint density at radius 2 is 2.18 bits per heavy atom. The van der Waals surface area contributed by atoms with Gasteiger partial charge in [-0.15, -0.1) is 32.9 Å². The van der Waals surface area contributed by atoms with Crippen LogP contribution in [-0.2, 0) is 11.3 Å². The van der Waals surface area contributed by atoms with Crippen molar-refractivity contribution >= 4 is 28.6 Å². The molecular weight excluding hydrogens is 398 g/mol. The van der Waals surface area contributed by atoms with Gasteiger partial charge in [-0.25, -0.2) is 9.78 Å². The van der Waals surface area contributed by atoms with E-state index in [1.807, 2.05) is 22.9 Å². The van der Waals surface area contributed by atoms with Gasteiger partial charge in [0.05, 0.1) is 21.6 Å². The predicted octanol–water partition coefficient (Wildman–Crippen LogP) is 4.75. The predicted molar refractivity (Wildman–Crippen MR) is 104 cm³/mol. The maximum absolute atomic E-state index is 12.5. The molecule has 0 aliphatic carbocycles. The van der Waals surface area contributed by atoms with Crippen LogP contribution in [0.4, 0.5) is 0 Å². The number of rotatable bonds is 7. The summed E-state index contributed by atoms with van der Waals surface area (Å²) < 4.78 is 16.7. The highest BCUT2D eigenvalue weighted by atomic mass is 32.1. The summed E-state index contributed by atoms with van der Waals surface area (Å²) in [4.78, 5) is 17.5. The van der Waals surface area contributed by atoms with E-state index in [0.29, 0.717) is 23.8 Å². The number of hydrogen-bond donors (Lipinski definition) is 0. The first-order valence-corrected chi connectivity index (χ1v) is 10.2. The first-order valence-electron chi connectivity index (χ1n) is 8.37. The second kappa shape index (κ2) is 8.32. The summed E-state index contributed by atoms with van der Waals surface area (Å²) in [6, 6.07) is 10.6. The summed E-state index contributed by atoms with van der Waals surface area (Å²) in [5.41, 5.74) is 2.96. The fraction of sp³-hybridized carbons (Fsp3) is 0.158. The van der Waals surface area contributed by atoms with E-state index in [4.69, 9.17) is 13.9 Å². The lowest BCUT2D eigenvalue weighted by Gasteiger charge is -2.10. The van der Waals surface area contributed by atoms with E-state index < -0.39 is 12.1 Å². The van der Waals surface area contributed by atoms with Crippen LogP contribution in [-0.4, -0.2) is 21.2 Å². The molecular formula is C19H15N3O4S2. The molecule has 0 N–H and O–H groups in total. The van der Waals surface area contributed by atoms with E-state index >= 15 is 0 Å². The molecule has 1 aromatic carbocycles. The van der Waals surface area contributed by atoms with Gasteiger partial charge in [0.2, 0.25) is 0 Å². The van der Waals surface area contributed by atoms with E-state index in [1.54, 1.807) is 36.7 Å². The molecule has 3 aromatic heterocycles. The SMILES string of the molecule is CC(OC(=O)c1cccc(OCc2cscn2)c1)c1nnc(-c2cccs2)o1. The van der Waals surface area contributed by atoms with Gasteiger partial charge in [0.15, 0.2) is 6.10 Å². The Hall–Kier alpha value is -3.04. The summed E-state index contributed by atoms with van der Waals surface area (Å²) in [6.07, 6.45) is -0.673. The normalized spacial score (nSPS) is 11.9. The first-order chi connectivity index (χ1) is 13.7. The van der Waals surface area contributed by atoms with Gasteiger partial charge in [-0.3, -0.25) is 0 Å². The van der Waals surface area contributed by atoms with E-state index in [2.05, 4.69) is 15.2 Å². The van der Waals surface area contributed by atoms with E-state index in [0.717, 1.165) is 10.6 Å². The summed E-state index contributed by atoms with van der Waals surface area (Å²) in [6.45, 7) is 2.03. The summed E-state index contributed by atoms with van der Waals surface area (Å²) in [7, 11) is 0. The van der Waals surface area contributed by atoms with Crippen LogP contribution in [0.3, 0.4) is 0 Å². The van der Waals surface area contributed by atoms with Crippen molar-refractivity contribution in [1.29, 1.82) is 0 Å². The number of aromatic nitrogens is 3. The highest BCUT2D eigenvalue weighted by Gasteiger charge is 2.20. The zero-order chi connectivity index (χ0) is 19.3. The molecule has 4 rings (SSSR count). The van der Waals surface area contributed by atoms with Crippen LogP contribution in [0, 0.1) is 0 Å². The maximum atomic E-state index is 12.5. The van der Waals surface area contributed by atoms with Gasteiger partial charge in [0.1, 0.15) is 12.4 Å². The Bertz CT molecular complexity index is 1050. The average molecular weight is 413 g/mol. The molecule has 0 aliphatic rings. The minimum Gasteiger partial charge on any atom is -0.487 e. The average Bonchev–Trinajstić information content (AvgIpc) is 3.48. The molecule has 1 atom stereocenters. The zero-order valence-electron chi connectivity index (χ0n) is 14.8. The smallest absolute Gasteiger partial charge is 0.339 e. The van der Waals surface area contributed by atoms with Gasteiger partial charge in [-0.1, -0.05) is 12.1 Å². The van der Waals surface area contributed by atoms with Gasteiger partial charge in [-0.2, -0.15) is 0 Å². The van der Waals surface area contributed by atoms with Gasteiger partial charge in [0, 0.05) is 5.38 Å². The molecule has 4 aromatic rings. The van der Waals surface area contributed by atoms with Crippen LogP contribution in [0.15, 0.2) is 57.1 Å². The summed E-state index contributed by atoms with van der Waals surface area (Å²) in [5.74, 6) is 0.716. The Kier molecular flexibility index (Phi) is 5.45. The van der Waals surface area contributed by atoms with Crippen molar-refractivity contribution in [2.24, 2.45) is 0 Å². The van der Waals surface area contributed by atoms with E-state index in [9.17, 15) is 4.79 Å². The summed E-state index contributed by atoms with van der Waals surface area (Å²) >= 11 is 3.00. The van der Waals surface area contributed by atoms with Crippen LogP contribution < -0.4 is 4.74 Å². The Morgan fingerprint density at radius 1 is 1.25 bits per heavy atom. The number of carbonyl (C=O) groups is 1. The molecule has 7 nitrogen and oxygen atoms in total. The molecule has 28 heavy (non-hydrogen) atoms. The minimum atomic E-state index is -0.673. The molecule has 0 fully saturated rings. The van der Waals surface area contributed by atoms with Crippen molar-refractivity contribution in [3.05, 3.63) is 69.8 Å². The Balaban J connectivity index is 1.39. The molecule has 9 heteroatoms. The minimum absolute atomic E-state index is 0.243. The van der Waals surface area contributed by atoms with Crippen molar-refractivity contribution in [3.63, 3.8) is 0 Å².